The lowest BCUT2D eigenvalue weighted by molar-refractivity contribution is -0.115. The zero-order valence-corrected chi connectivity index (χ0v) is 17.6. The Bertz CT molecular complexity index is 1230. The van der Waals surface area contributed by atoms with Gasteiger partial charge in [-0.15, -0.1) is 11.3 Å². The van der Waals surface area contributed by atoms with Crippen molar-refractivity contribution in [2.75, 3.05) is 10.6 Å². The number of anilines is 2. The van der Waals surface area contributed by atoms with Crippen molar-refractivity contribution >= 4 is 34.0 Å². The molecule has 4 aromatic rings. The number of carbonyl (C=O) groups excluding carboxylic acids is 2. The van der Waals surface area contributed by atoms with Crippen molar-refractivity contribution in [2.24, 2.45) is 0 Å². The number of nitrogens with zero attached hydrogens (tertiary/aromatic N) is 1. The lowest BCUT2D eigenvalue weighted by atomic mass is 10.2. The lowest BCUT2D eigenvalue weighted by Crippen LogP contribution is -2.15. The van der Waals surface area contributed by atoms with Crippen molar-refractivity contribution in [3.8, 4) is 11.5 Å². The van der Waals surface area contributed by atoms with Crippen molar-refractivity contribution in [1.29, 1.82) is 0 Å². The predicted octanol–water partition coefficient (Wildman–Crippen LogP) is 5.51. The zero-order chi connectivity index (χ0) is 22.3. The van der Waals surface area contributed by atoms with Crippen molar-refractivity contribution in [2.45, 2.75) is 6.42 Å². The molecule has 0 bridgehead atoms. The summed E-state index contributed by atoms with van der Waals surface area (Å²) in [6.07, 6.45) is 0.0360. The van der Waals surface area contributed by atoms with Gasteiger partial charge in [-0.25, -0.2) is 9.37 Å². The monoisotopic (exact) mass is 447 g/mol. The van der Waals surface area contributed by atoms with Crippen LogP contribution in [0.5, 0.6) is 11.5 Å². The van der Waals surface area contributed by atoms with Gasteiger partial charge in [-0.1, -0.05) is 30.3 Å². The summed E-state index contributed by atoms with van der Waals surface area (Å²) in [5.74, 6) is -0.0683. The number of amides is 2. The van der Waals surface area contributed by atoms with E-state index in [1.807, 2.05) is 30.3 Å². The largest absolute Gasteiger partial charge is 0.457 e. The fourth-order valence-electron chi connectivity index (χ4n) is 2.86. The second-order valence-corrected chi connectivity index (χ2v) is 7.60. The number of aromatic nitrogens is 1. The molecule has 1 heterocycles. The standard InChI is InChI=1S/C24H18FN3O3S/c25-21-9-5-4-8-20(21)23(30)28-24-27-17(15-32-24)14-22(29)26-16-10-12-19(13-11-16)31-18-6-2-1-3-7-18/h1-13,15H,14H2,(H,26,29)(H,27,28,30). The van der Waals surface area contributed by atoms with Crippen LogP contribution in [-0.2, 0) is 11.2 Å². The van der Waals surface area contributed by atoms with Crippen molar-refractivity contribution in [1.82, 2.24) is 4.98 Å². The van der Waals surface area contributed by atoms with Crippen LogP contribution in [0.15, 0.2) is 84.2 Å². The first-order chi connectivity index (χ1) is 15.6. The third kappa shape index (κ3) is 5.55. The van der Waals surface area contributed by atoms with E-state index in [0.717, 1.165) is 5.75 Å². The van der Waals surface area contributed by atoms with Crippen LogP contribution in [0.1, 0.15) is 16.1 Å². The van der Waals surface area contributed by atoms with E-state index in [4.69, 9.17) is 4.74 Å². The average molecular weight is 447 g/mol. The molecule has 3 aromatic carbocycles. The Morgan fingerprint density at radius 3 is 2.31 bits per heavy atom. The zero-order valence-electron chi connectivity index (χ0n) is 16.7. The van der Waals surface area contributed by atoms with Crippen molar-refractivity contribution in [3.63, 3.8) is 0 Å². The van der Waals surface area contributed by atoms with Crippen LogP contribution in [0.2, 0.25) is 0 Å². The van der Waals surface area contributed by atoms with Crippen LogP contribution in [0.25, 0.3) is 0 Å². The molecule has 8 heteroatoms. The van der Waals surface area contributed by atoms with E-state index in [-0.39, 0.29) is 17.9 Å². The van der Waals surface area contributed by atoms with Crippen molar-refractivity contribution in [3.05, 3.63) is 101 Å². The highest BCUT2D eigenvalue weighted by Crippen LogP contribution is 2.23. The molecule has 0 atom stereocenters. The molecule has 0 aliphatic heterocycles. The van der Waals surface area contributed by atoms with Crippen LogP contribution in [-0.4, -0.2) is 16.8 Å². The molecule has 0 aliphatic rings. The highest BCUT2D eigenvalue weighted by atomic mass is 32.1. The minimum atomic E-state index is -0.610. The number of ether oxygens (including phenoxy) is 1. The number of para-hydroxylation sites is 1. The number of nitrogens with one attached hydrogen (secondary N) is 2. The first-order valence-electron chi connectivity index (χ1n) is 9.70. The Morgan fingerprint density at radius 1 is 0.875 bits per heavy atom. The summed E-state index contributed by atoms with van der Waals surface area (Å²) in [7, 11) is 0. The molecule has 0 unspecified atom stereocenters. The summed E-state index contributed by atoms with van der Waals surface area (Å²) in [6, 6.07) is 22.1. The number of rotatable bonds is 7. The lowest BCUT2D eigenvalue weighted by Gasteiger charge is -2.07. The molecule has 0 radical (unpaired) electrons. The van der Waals surface area contributed by atoms with E-state index < -0.39 is 11.7 Å². The van der Waals surface area contributed by atoms with E-state index in [9.17, 15) is 14.0 Å². The van der Waals surface area contributed by atoms with Gasteiger partial charge in [0.1, 0.15) is 17.3 Å². The van der Waals surface area contributed by atoms with Crippen LogP contribution in [0.3, 0.4) is 0 Å². The van der Waals surface area contributed by atoms with Gasteiger partial charge in [0.25, 0.3) is 5.91 Å². The van der Waals surface area contributed by atoms with Crippen LogP contribution >= 0.6 is 11.3 Å². The number of halogens is 1. The molecule has 0 saturated carbocycles. The van der Waals surface area contributed by atoms with Crippen LogP contribution in [0, 0.1) is 5.82 Å². The normalized spacial score (nSPS) is 10.4. The third-order valence-electron chi connectivity index (χ3n) is 4.35. The number of benzene rings is 3. The number of hydrogen-bond acceptors (Lipinski definition) is 5. The fraction of sp³-hybridized carbons (Fsp3) is 0.0417. The Hall–Kier alpha value is -4.04. The number of hydrogen-bond donors (Lipinski definition) is 2. The Kier molecular flexibility index (Phi) is 6.52. The second kappa shape index (κ2) is 9.84. The maximum absolute atomic E-state index is 13.7. The summed E-state index contributed by atoms with van der Waals surface area (Å²) in [4.78, 5) is 28.7. The molecule has 0 aliphatic carbocycles. The first-order valence-corrected chi connectivity index (χ1v) is 10.6. The third-order valence-corrected chi connectivity index (χ3v) is 5.16. The predicted molar refractivity (Wildman–Crippen MR) is 122 cm³/mol. The van der Waals surface area contributed by atoms with Crippen molar-refractivity contribution < 1.29 is 18.7 Å². The molecule has 0 spiro atoms. The van der Waals surface area contributed by atoms with Gasteiger partial charge in [0, 0.05) is 11.1 Å². The summed E-state index contributed by atoms with van der Waals surface area (Å²) in [6.45, 7) is 0. The number of thiazole rings is 1. The topological polar surface area (TPSA) is 80.3 Å². The minimum Gasteiger partial charge on any atom is -0.457 e. The van der Waals surface area contributed by atoms with Crippen LogP contribution in [0.4, 0.5) is 15.2 Å². The van der Waals surface area contributed by atoms with E-state index >= 15 is 0 Å². The summed E-state index contributed by atoms with van der Waals surface area (Å²) in [5, 5.41) is 7.32. The van der Waals surface area contributed by atoms with Gasteiger partial charge in [-0.05, 0) is 48.5 Å². The minimum absolute atomic E-state index is 0.0360. The van der Waals surface area contributed by atoms with E-state index in [2.05, 4.69) is 15.6 Å². The van der Waals surface area contributed by atoms with Gasteiger partial charge < -0.3 is 10.1 Å². The van der Waals surface area contributed by atoms with E-state index in [1.54, 1.807) is 35.7 Å². The summed E-state index contributed by atoms with van der Waals surface area (Å²) >= 11 is 1.17. The molecule has 2 N–H and O–H groups in total. The van der Waals surface area contributed by atoms with Gasteiger partial charge in [0.15, 0.2) is 5.13 Å². The summed E-state index contributed by atoms with van der Waals surface area (Å²) in [5.41, 5.74) is 1.06. The van der Waals surface area contributed by atoms with E-state index in [1.165, 1.54) is 29.5 Å². The SMILES string of the molecule is O=C(Cc1csc(NC(=O)c2ccccc2F)n1)Nc1ccc(Oc2ccccc2)cc1. The Labute approximate surface area is 187 Å². The highest BCUT2D eigenvalue weighted by molar-refractivity contribution is 7.14. The highest BCUT2D eigenvalue weighted by Gasteiger charge is 2.14. The van der Waals surface area contributed by atoms with Gasteiger partial charge >= 0.3 is 0 Å². The average Bonchev–Trinajstić information content (AvgIpc) is 3.22. The van der Waals surface area contributed by atoms with Gasteiger partial charge in [0.05, 0.1) is 17.7 Å². The quantitative estimate of drug-likeness (QED) is 0.392. The fourth-order valence-corrected chi connectivity index (χ4v) is 3.56. The van der Waals surface area contributed by atoms with Gasteiger partial charge in [-0.3, -0.25) is 14.9 Å². The second-order valence-electron chi connectivity index (χ2n) is 6.74. The Balaban J connectivity index is 1.30. The molecular formula is C24H18FN3O3S. The molecule has 0 fully saturated rings. The molecule has 6 nitrogen and oxygen atoms in total. The van der Waals surface area contributed by atoms with Crippen LogP contribution < -0.4 is 15.4 Å². The molecule has 1 aromatic heterocycles. The van der Waals surface area contributed by atoms with E-state index in [0.29, 0.717) is 22.3 Å². The maximum atomic E-state index is 13.7. The van der Waals surface area contributed by atoms with Gasteiger partial charge in [0.2, 0.25) is 5.91 Å². The molecule has 2 amide bonds. The summed E-state index contributed by atoms with van der Waals surface area (Å²) < 4.78 is 19.5. The molecular weight excluding hydrogens is 429 g/mol. The Morgan fingerprint density at radius 2 is 1.56 bits per heavy atom. The first kappa shape index (κ1) is 21.2. The smallest absolute Gasteiger partial charge is 0.260 e. The number of carbonyl (C=O) groups is 2. The molecule has 32 heavy (non-hydrogen) atoms. The molecule has 4 rings (SSSR count). The van der Waals surface area contributed by atoms with Gasteiger partial charge in [-0.2, -0.15) is 0 Å². The molecule has 160 valence electrons. The molecule has 0 saturated heterocycles. The maximum Gasteiger partial charge on any atom is 0.260 e.